The maximum absolute atomic E-state index is 11.4. The maximum Gasteiger partial charge on any atom is 0.348 e. The lowest BCUT2D eigenvalue weighted by Gasteiger charge is -1.97. The first-order valence-corrected chi connectivity index (χ1v) is 6.24. The van der Waals surface area contributed by atoms with Gasteiger partial charge in [0, 0.05) is 14.2 Å². The van der Waals surface area contributed by atoms with Crippen LogP contribution in [-0.2, 0) is 9.53 Å². The van der Waals surface area contributed by atoms with Gasteiger partial charge in [-0.15, -0.1) is 11.3 Å². The van der Waals surface area contributed by atoms with Crippen molar-refractivity contribution < 1.29 is 9.53 Å². The van der Waals surface area contributed by atoms with Crippen LogP contribution in [0.4, 0.5) is 0 Å². The highest BCUT2D eigenvalue weighted by atomic mass is 79.9. The Hall–Kier alpha value is -1.12. The second-order valence-corrected chi connectivity index (χ2v) is 5.09. The molecule has 0 unspecified atom stereocenters. The summed E-state index contributed by atoms with van der Waals surface area (Å²) < 4.78 is 5.74. The highest BCUT2D eigenvalue weighted by molar-refractivity contribution is 9.10. The van der Waals surface area contributed by atoms with Crippen LogP contribution in [0.2, 0.25) is 0 Å². The topological polar surface area (TPSA) is 50.1 Å². The van der Waals surface area contributed by atoms with E-state index in [2.05, 4.69) is 15.9 Å². The minimum Gasteiger partial charge on any atom is -0.462 e. The number of nitrogens with zero attached hydrogens (tertiary/aromatic N) is 1. The molecule has 1 aromatic heterocycles. The van der Waals surface area contributed by atoms with Crippen LogP contribution in [-0.4, -0.2) is 12.6 Å². The fraction of sp³-hybridized carbons (Fsp3) is 0.273. The zero-order chi connectivity index (χ0) is 12.1. The highest BCUT2D eigenvalue weighted by Gasteiger charge is 2.10. The molecule has 0 aromatic carbocycles. The molecule has 0 atom stereocenters. The van der Waals surface area contributed by atoms with E-state index < -0.39 is 5.97 Å². The van der Waals surface area contributed by atoms with Crippen molar-refractivity contribution in [1.29, 1.82) is 5.26 Å². The maximum atomic E-state index is 11.4. The van der Waals surface area contributed by atoms with E-state index >= 15 is 0 Å². The number of thiophene rings is 1. The first-order chi connectivity index (χ1) is 7.58. The smallest absolute Gasteiger partial charge is 0.348 e. The molecule has 0 fully saturated rings. The monoisotopic (exact) mass is 299 g/mol. The quantitative estimate of drug-likeness (QED) is 0.489. The van der Waals surface area contributed by atoms with Crippen molar-refractivity contribution in [2.75, 3.05) is 6.61 Å². The van der Waals surface area contributed by atoms with Gasteiger partial charge < -0.3 is 4.74 Å². The standard InChI is InChI=1S/C11H10BrNO2S/c1-3-15-11(14)8(6-13)4-9-5-10(12)7(2)16-9/h4-5H,3H2,1-2H3/b8-4-. The Morgan fingerprint density at radius 3 is 2.88 bits per heavy atom. The van der Waals surface area contributed by atoms with E-state index in [1.165, 1.54) is 11.3 Å². The summed E-state index contributed by atoms with van der Waals surface area (Å²) >= 11 is 4.89. The Morgan fingerprint density at radius 1 is 1.75 bits per heavy atom. The van der Waals surface area contributed by atoms with Gasteiger partial charge in [-0.05, 0) is 41.9 Å². The molecular weight excluding hydrogens is 290 g/mol. The van der Waals surface area contributed by atoms with Crippen LogP contribution in [0, 0.1) is 18.3 Å². The number of hydrogen-bond donors (Lipinski definition) is 0. The number of rotatable bonds is 3. The van der Waals surface area contributed by atoms with E-state index in [1.54, 1.807) is 13.0 Å². The SMILES string of the molecule is CCOC(=O)/C(C#N)=C\c1cc(Br)c(C)s1. The fourth-order valence-electron chi connectivity index (χ4n) is 1.04. The molecule has 0 aliphatic rings. The molecule has 0 saturated carbocycles. The summed E-state index contributed by atoms with van der Waals surface area (Å²) in [5.41, 5.74) is 0.0237. The van der Waals surface area contributed by atoms with Gasteiger partial charge in [0.2, 0.25) is 0 Å². The lowest BCUT2D eigenvalue weighted by Crippen LogP contribution is -2.05. The molecule has 0 radical (unpaired) electrons. The number of hydrogen-bond acceptors (Lipinski definition) is 4. The molecule has 0 aliphatic carbocycles. The molecular formula is C11H10BrNO2S. The van der Waals surface area contributed by atoms with Crippen LogP contribution in [0.15, 0.2) is 16.1 Å². The van der Waals surface area contributed by atoms with Crippen LogP contribution in [0.25, 0.3) is 6.08 Å². The number of carbonyl (C=O) groups is 1. The average Bonchev–Trinajstić information content (AvgIpc) is 2.55. The lowest BCUT2D eigenvalue weighted by molar-refractivity contribution is -0.137. The molecule has 0 saturated heterocycles. The van der Waals surface area contributed by atoms with Crippen molar-refractivity contribution >= 4 is 39.3 Å². The lowest BCUT2D eigenvalue weighted by atomic mass is 10.2. The Balaban J connectivity index is 2.97. The second kappa shape index (κ2) is 5.83. The summed E-state index contributed by atoms with van der Waals surface area (Å²) in [6, 6.07) is 3.71. The molecule has 0 aliphatic heterocycles. The van der Waals surface area contributed by atoms with Gasteiger partial charge in [0.15, 0.2) is 0 Å². The highest BCUT2D eigenvalue weighted by Crippen LogP contribution is 2.27. The average molecular weight is 300 g/mol. The molecule has 0 bridgehead atoms. The van der Waals surface area contributed by atoms with Gasteiger partial charge in [-0.1, -0.05) is 0 Å². The summed E-state index contributed by atoms with van der Waals surface area (Å²) in [5.74, 6) is -0.577. The number of aryl methyl sites for hydroxylation is 1. The van der Waals surface area contributed by atoms with Gasteiger partial charge in [-0.3, -0.25) is 0 Å². The predicted molar refractivity (Wildman–Crippen MR) is 67.0 cm³/mol. The van der Waals surface area contributed by atoms with E-state index in [9.17, 15) is 4.79 Å². The third kappa shape index (κ3) is 3.19. The number of carbonyl (C=O) groups excluding carboxylic acids is 1. The second-order valence-electron chi connectivity index (χ2n) is 2.94. The van der Waals surface area contributed by atoms with Gasteiger partial charge in [0.1, 0.15) is 11.6 Å². The van der Waals surface area contributed by atoms with E-state index in [4.69, 9.17) is 10.00 Å². The van der Waals surface area contributed by atoms with Gasteiger partial charge in [0.25, 0.3) is 0 Å². The minimum atomic E-state index is -0.577. The number of ether oxygens (including phenoxy) is 1. The van der Waals surface area contributed by atoms with E-state index in [1.807, 2.05) is 19.1 Å². The molecule has 84 valence electrons. The number of nitriles is 1. The molecule has 0 amide bonds. The fourth-order valence-corrected chi connectivity index (χ4v) is 2.55. The van der Waals surface area contributed by atoms with E-state index in [-0.39, 0.29) is 12.2 Å². The van der Waals surface area contributed by atoms with E-state index in [0.717, 1.165) is 14.2 Å². The molecule has 5 heteroatoms. The molecule has 1 rings (SSSR count). The van der Waals surface area contributed by atoms with Crippen LogP contribution in [0.1, 0.15) is 16.7 Å². The van der Waals surface area contributed by atoms with Crippen LogP contribution in [0.3, 0.4) is 0 Å². The molecule has 3 nitrogen and oxygen atoms in total. The summed E-state index contributed by atoms with van der Waals surface area (Å²) in [6.45, 7) is 3.94. The van der Waals surface area contributed by atoms with E-state index in [0.29, 0.717) is 0 Å². The Labute approximate surface area is 106 Å². The third-order valence-electron chi connectivity index (χ3n) is 1.78. The van der Waals surface area contributed by atoms with Crippen molar-refractivity contribution in [3.8, 4) is 6.07 Å². The Bertz CT molecular complexity index is 451. The summed E-state index contributed by atoms with van der Waals surface area (Å²) in [6.07, 6.45) is 1.54. The molecule has 1 aromatic rings. The zero-order valence-corrected chi connectivity index (χ0v) is 11.3. The minimum absolute atomic E-state index is 0.0237. The first kappa shape index (κ1) is 12.9. The molecule has 0 spiro atoms. The van der Waals surface area contributed by atoms with Crippen molar-refractivity contribution in [3.05, 3.63) is 25.9 Å². The van der Waals surface area contributed by atoms with Crippen LogP contribution < -0.4 is 0 Å². The van der Waals surface area contributed by atoms with Crippen molar-refractivity contribution in [1.82, 2.24) is 0 Å². The zero-order valence-electron chi connectivity index (χ0n) is 8.91. The summed E-state index contributed by atoms with van der Waals surface area (Å²) in [4.78, 5) is 13.3. The summed E-state index contributed by atoms with van der Waals surface area (Å²) in [7, 11) is 0. The van der Waals surface area contributed by atoms with Gasteiger partial charge in [0.05, 0.1) is 6.61 Å². The molecule has 16 heavy (non-hydrogen) atoms. The normalized spacial score (nSPS) is 11.0. The first-order valence-electron chi connectivity index (χ1n) is 4.63. The number of esters is 1. The number of halogens is 1. The molecule has 0 N–H and O–H groups in total. The van der Waals surface area contributed by atoms with Gasteiger partial charge in [-0.25, -0.2) is 4.79 Å². The Morgan fingerprint density at radius 2 is 2.44 bits per heavy atom. The van der Waals surface area contributed by atoms with Crippen LogP contribution in [0.5, 0.6) is 0 Å². The largest absolute Gasteiger partial charge is 0.462 e. The summed E-state index contributed by atoms with van der Waals surface area (Å²) in [5, 5.41) is 8.83. The van der Waals surface area contributed by atoms with Crippen molar-refractivity contribution in [2.45, 2.75) is 13.8 Å². The van der Waals surface area contributed by atoms with Crippen molar-refractivity contribution in [2.24, 2.45) is 0 Å². The predicted octanol–water partition coefficient (Wildman–Crippen LogP) is 3.29. The molecule has 1 heterocycles. The van der Waals surface area contributed by atoms with Crippen LogP contribution >= 0.6 is 27.3 Å². The van der Waals surface area contributed by atoms with Gasteiger partial charge in [-0.2, -0.15) is 5.26 Å². The van der Waals surface area contributed by atoms with Gasteiger partial charge >= 0.3 is 5.97 Å². The third-order valence-corrected chi connectivity index (χ3v) is 3.86. The Kier molecular flexibility index (Phi) is 4.71. The van der Waals surface area contributed by atoms with Crippen molar-refractivity contribution in [3.63, 3.8) is 0 Å².